The van der Waals surface area contributed by atoms with Crippen LogP contribution >= 0.6 is 24.0 Å². The zero-order valence-corrected chi connectivity index (χ0v) is 16.1. The number of hydrogen-bond acceptors (Lipinski definition) is 3. The average molecular weight is 452 g/mol. The number of methoxy groups -OCH3 is 1. The highest BCUT2D eigenvalue weighted by molar-refractivity contribution is 14.0. The Morgan fingerprint density at radius 1 is 1.39 bits per heavy atom. The van der Waals surface area contributed by atoms with Crippen molar-refractivity contribution in [2.24, 2.45) is 16.6 Å². The highest BCUT2D eigenvalue weighted by atomic mass is 127. The summed E-state index contributed by atoms with van der Waals surface area (Å²) in [6.07, 6.45) is -1.66. The molecule has 3 N–H and O–H groups in total. The summed E-state index contributed by atoms with van der Waals surface area (Å²) in [7, 11) is 1.62. The summed E-state index contributed by atoms with van der Waals surface area (Å²) in [6.45, 7) is 3.31. The number of nitrogens with one attached hydrogen (secondary N) is 1. The Kier molecular flexibility index (Phi) is 11.2. The lowest BCUT2D eigenvalue weighted by atomic mass is 9.93. The molecule has 0 aromatic carbocycles. The van der Waals surface area contributed by atoms with Crippen LogP contribution < -0.4 is 11.1 Å². The lowest BCUT2D eigenvalue weighted by Crippen LogP contribution is -2.41. The fourth-order valence-electron chi connectivity index (χ4n) is 2.64. The van der Waals surface area contributed by atoms with Gasteiger partial charge < -0.3 is 15.8 Å². The van der Waals surface area contributed by atoms with E-state index in [1.165, 1.54) is 4.90 Å². The smallest absolute Gasteiger partial charge is 0.383 e. The van der Waals surface area contributed by atoms with E-state index in [1.807, 2.05) is 6.92 Å². The number of piperidine rings is 1. The van der Waals surface area contributed by atoms with Gasteiger partial charge in [0.05, 0.1) is 13.2 Å². The molecular weight excluding hydrogens is 424 g/mol. The van der Waals surface area contributed by atoms with Crippen LogP contribution in [-0.2, 0) is 4.74 Å². The van der Waals surface area contributed by atoms with Gasteiger partial charge in [-0.2, -0.15) is 13.2 Å². The molecule has 0 spiro atoms. The second-order valence-electron chi connectivity index (χ2n) is 5.89. The van der Waals surface area contributed by atoms with Gasteiger partial charge in [0.1, 0.15) is 0 Å². The number of rotatable bonds is 7. The molecule has 1 unspecified atom stereocenters. The summed E-state index contributed by atoms with van der Waals surface area (Å²) < 4.78 is 41.9. The molecule has 0 radical (unpaired) electrons. The Hall–Kier alpha value is -0.290. The van der Waals surface area contributed by atoms with Gasteiger partial charge in [0, 0.05) is 19.7 Å². The molecule has 0 aromatic rings. The van der Waals surface area contributed by atoms with Crippen LogP contribution in [0.15, 0.2) is 4.99 Å². The molecular formula is C14H28F3IN4O. The SMILES string of the molecule is COCC(C)NC(N)=NCCC1CCN(CC(F)(F)F)CC1.I. The summed E-state index contributed by atoms with van der Waals surface area (Å²) >= 11 is 0. The third-order valence-electron chi connectivity index (χ3n) is 3.74. The summed E-state index contributed by atoms with van der Waals surface area (Å²) in [6, 6.07) is 0.0966. The molecule has 9 heteroatoms. The molecule has 5 nitrogen and oxygen atoms in total. The molecule has 1 aliphatic heterocycles. The van der Waals surface area contributed by atoms with Crippen LogP contribution in [0.1, 0.15) is 26.2 Å². The van der Waals surface area contributed by atoms with E-state index in [0.717, 1.165) is 19.3 Å². The maximum atomic E-state index is 12.3. The lowest BCUT2D eigenvalue weighted by molar-refractivity contribution is -0.148. The van der Waals surface area contributed by atoms with E-state index >= 15 is 0 Å². The van der Waals surface area contributed by atoms with Crippen molar-refractivity contribution in [2.45, 2.75) is 38.4 Å². The van der Waals surface area contributed by atoms with Crippen molar-refractivity contribution in [3.63, 3.8) is 0 Å². The van der Waals surface area contributed by atoms with Crippen LogP contribution in [0.2, 0.25) is 0 Å². The van der Waals surface area contributed by atoms with Gasteiger partial charge in [-0.05, 0) is 45.2 Å². The molecule has 1 aliphatic rings. The van der Waals surface area contributed by atoms with Crippen molar-refractivity contribution < 1.29 is 17.9 Å². The molecule has 1 heterocycles. The van der Waals surface area contributed by atoms with Crippen LogP contribution in [0.5, 0.6) is 0 Å². The number of hydrogen-bond donors (Lipinski definition) is 2. The van der Waals surface area contributed by atoms with Crippen molar-refractivity contribution in [3.05, 3.63) is 0 Å². The van der Waals surface area contributed by atoms with Crippen LogP contribution in [-0.4, -0.2) is 63.0 Å². The fourth-order valence-corrected chi connectivity index (χ4v) is 2.64. The van der Waals surface area contributed by atoms with E-state index in [9.17, 15) is 13.2 Å². The third kappa shape index (κ3) is 11.0. The molecule has 138 valence electrons. The monoisotopic (exact) mass is 452 g/mol. The van der Waals surface area contributed by atoms with Crippen molar-refractivity contribution in [3.8, 4) is 0 Å². The molecule has 1 rings (SSSR count). The maximum absolute atomic E-state index is 12.3. The quantitative estimate of drug-likeness (QED) is 0.353. The Bertz CT molecular complexity index is 347. The van der Waals surface area contributed by atoms with Gasteiger partial charge in [-0.25, -0.2) is 0 Å². The molecule has 0 saturated carbocycles. The normalized spacial score (nSPS) is 19.3. The van der Waals surface area contributed by atoms with Gasteiger partial charge in [0.25, 0.3) is 0 Å². The first kappa shape index (κ1) is 22.7. The summed E-state index contributed by atoms with van der Waals surface area (Å²) in [5, 5.41) is 3.02. The molecule has 1 fully saturated rings. The minimum Gasteiger partial charge on any atom is -0.383 e. The Labute approximate surface area is 153 Å². The van der Waals surface area contributed by atoms with E-state index in [4.69, 9.17) is 10.5 Å². The van der Waals surface area contributed by atoms with E-state index < -0.39 is 12.7 Å². The summed E-state index contributed by atoms with van der Waals surface area (Å²) in [5.41, 5.74) is 5.76. The number of guanidine groups is 1. The molecule has 1 saturated heterocycles. The number of alkyl halides is 3. The molecule has 0 bridgehead atoms. The van der Waals surface area contributed by atoms with E-state index in [1.54, 1.807) is 7.11 Å². The lowest BCUT2D eigenvalue weighted by Gasteiger charge is -2.32. The van der Waals surface area contributed by atoms with Crippen molar-refractivity contribution >= 4 is 29.9 Å². The second kappa shape index (κ2) is 11.3. The molecule has 0 aromatic heterocycles. The van der Waals surface area contributed by atoms with Crippen LogP contribution in [0, 0.1) is 5.92 Å². The van der Waals surface area contributed by atoms with E-state index in [-0.39, 0.29) is 30.0 Å². The molecule has 23 heavy (non-hydrogen) atoms. The zero-order valence-electron chi connectivity index (χ0n) is 13.7. The van der Waals surface area contributed by atoms with Crippen molar-refractivity contribution in [1.29, 1.82) is 0 Å². The van der Waals surface area contributed by atoms with Gasteiger partial charge in [0.15, 0.2) is 5.96 Å². The zero-order chi connectivity index (χ0) is 16.6. The fraction of sp³-hybridized carbons (Fsp3) is 0.929. The standard InChI is InChI=1S/C14H27F3N4O.HI/c1-11(9-22-2)20-13(18)19-6-3-12-4-7-21(8-5-12)10-14(15,16)17;/h11-12H,3-10H2,1-2H3,(H3,18,19,20);1H. The highest BCUT2D eigenvalue weighted by Crippen LogP contribution is 2.24. The average Bonchev–Trinajstić information content (AvgIpc) is 2.39. The molecule has 1 atom stereocenters. The predicted octanol–water partition coefficient (Wildman–Crippen LogP) is 2.21. The molecule has 0 aliphatic carbocycles. The number of aliphatic imine (C=N–C) groups is 1. The van der Waals surface area contributed by atoms with Crippen molar-refractivity contribution in [1.82, 2.24) is 10.2 Å². The second-order valence-corrected chi connectivity index (χ2v) is 5.89. The first-order chi connectivity index (χ1) is 10.3. The highest BCUT2D eigenvalue weighted by Gasteiger charge is 2.32. The van der Waals surface area contributed by atoms with Gasteiger partial charge in [-0.3, -0.25) is 9.89 Å². The van der Waals surface area contributed by atoms with Gasteiger partial charge in [0.2, 0.25) is 0 Å². The number of nitrogens with zero attached hydrogens (tertiary/aromatic N) is 2. The number of halogens is 4. The van der Waals surface area contributed by atoms with Crippen LogP contribution in [0.4, 0.5) is 13.2 Å². The number of ether oxygens (including phenoxy) is 1. The minimum atomic E-state index is -4.10. The van der Waals surface area contributed by atoms with E-state index in [0.29, 0.717) is 38.1 Å². The van der Waals surface area contributed by atoms with Gasteiger partial charge in [-0.1, -0.05) is 0 Å². The van der Waals surface area contributed by atoms with Gasteiger partial charge >= 0.3 is 6.18 Å². The molecule has 0 amide bonds. The van der Waals surface area contributed by atoms with E-state index in [2.05, 4.69) is 10.3 Å². The Balaban J connectivity index is 0.00000484. The van der Waals surface area contributed by atoms with Crippen LogP contribution in [0.25, 0.3) is 0 Å². The predicted molar refractivity (Wildman–Crippen MR) is 96.2 cm³/mol. The summed E-state index contributed by atoms with van der Waals surface area (Å²) in [5.74, 6) is 0.816. The van der Waals surface area contributed by atoms with Gasteiger partial charge in [-0.15, -0.1) is 24.0 Å². The summed E-state index contributed by atoms with van der Waals surface area (Å²) in [4.78, 5) is 5.73. The topological polar surface area (TPSA) is 62.9 Å². The Morgan fingerprint density at radius 2 is 2.00 bits per heavy atom. The third-order valence-corrected chi connectivity index (χ3v) is 3.74. The van der Waals surface area contributed by atoms with Crippen molar-refractivity contribution in [2.75, 3.05) is 39.9 Å². The first-order valence-electron chi connectivity index (χ1n) is 7.64. The maximum Gasteiger partial charge on any atom is 0.401 e. The van der Waals surface area contributed by atoms with Crippen LogP contribution in [0.3, 0.4) is 0 Å². The largest absolute Gasteiger partial charge is 0.401 e. The number of likely N-dealkylation sites (tertiary alicyclic amines) is 1. The number of nitrogens with two attached hydrogens (primary N) is 1. The minimum absolute atomic E-state index is 0. The Morgan fingerprint density at radius 3 is 2.52 bits per heavy atom. The first-order valence-corrected chi connectivity index (χ1v) is 7.64.